The van der Waals surface area contributed by atoms with E-state index in [0.717, 1.165) is 16.7 Å². The number of aromatic nitrogens is 1. The number of nitrogens with zero attached hydrogens (tertiary/aromatic N) is 3. The molecule has 0 amide bonds. The van der Waals surface area contributed by atoms with Crippen molar-refractivity contribution in [2.45, 2.75) is 6.92 Å². The highest BCUT2D eigenvalue weighted by molar-refractivity contribution is 7.89. The van der Waals surface area contributed by atoms with E-state index in [2.05, 4.69) is 16.0 Å². The zero-order valence-corrected chi connectivity index (χ0v) is 12.9. The summed E-state index contributed by atoms with van der Waals surface area (Å²) < 4.78 is 25.3. The fraction of sp³-hybridized carbons (Fsp3) is 0.400. The second kappa shape index (κ2) is 5.61. The number of fused-ring (bicyclic) bond motifs is 1. The van der Waals surface area contributed by atoms with E-state index in [9.17, 15) is 8.42 Å². The van der Waals surface area contributed by atoms with Crippen molar-refractivity contribution in [3.8, 4) is 0 Å². The summed E-state index contributed by atoms with van der Waals surface area (Å²) in [5, 5.41) is 1.12. The Morgan fingerprint density at radius 2 is 1.76 bits per heavy atom. The van der Waals surface area contributed by atoms with E-state index in [1.807, 2.05) is 30.3 Å². The van der Waals surface area contributed by atoms with E-state index in [-0.39, 0.29) is 5.75 Å². The fourth-order valence-corrected chi connectivity index (χ4v) is 3.69. The molecule has 0 spiro atoms. The van der Waals surface area contributed by atoms with E-state index < -0.39 is 10.0 Å². The maximum atomic E-state index is 11.9. The fourth-order valence-electron chi connectivity index (χ4n) is 2.61. The number of benzene rings is 1. The third kappa shape index (κ3) is 2.87. The highest BCUT2D eigenvalue weighted by atomic mass is 32.2. The number of sulfonamides is 1. The normalized spacial score (nSPS) is 17.3. The number of para-hydroxylation sites is 1. The van der Waals surface area contributed by atoms with Gasteiger partial charge in [0.2, 0.25) is 10.0 Å². The minimum atomic E-state index is -3.08. The average Bonchev–Trinajstić information content (AvgIpc) is 2.54. The molecule has 0 unspecified atom stereocenters. The van der Waals surface area contributed by atoms with Gasteiger partial charge in [0, 0.05) is 31.6 Å². The highest BCUT2D eigenvalue weighted by Crippen LogP contribution is 2.19. The van der Waals surface area contributed by atoms with Crippen molar-refractivity contribution in [1.29, 1.82) is 0 Å². The summed E-state index contributed by atoms with van der Waals surface area (Å²) in [6.45, 7) is 4.12. The minimum absolute atomic E-state index is 0.168. The molecule has 0 bridgehead atoms. The molecule has 1 aromatic heterocycles. The van der Waals surface area contributed by atoms with Gasteiger partial charge >= 0.3 is 0 Å². The zero-order valence-electron chi connectivity index (χ0n) is 12.1. The first-order valence-corrected chi connectivity index (χ1v) is 8.79. The summed E-state index contributed by atoms with van der Waals surface area (Å²) in [7, 11) is -3.08. The lowest BCUT2D eigenvalue weighted by molar-refractivity contribution is 0.384. The van der Waals surface area contributed by atoms with Crippen LogP contribution in [0.3, 0.4) is 0 Å². The van der Waals surface area contributed by atoms with Crippen molar-refractivity contribution in [1.82, 2.24) is 9.29 Å². The molecule has 3 rings (SSSR count). The summed E-state index contributed by atoms with van der Waals surface area (Å²) in [5.41, 5.74) is 0.971. The van der Waals surface area contributed by atoms with Crippen LogP contribution in [-0.2, 0) is 10.0 Å². The summed E-state index contributed by atoms with van der Waals surface area (Å²) >= 11 is 0. The molecule has 21 heavy (non-hydrogen) atoms. The van der Waals surface area contributed by atoms with Crippen LogP contribution >= 0.6 is 0 Å². The van der Waals surface area contributed by atoms with Crippen molar-refractivity contribution in [2.75, 3.05) is 36.8 Å². The molecule has 1 fully saturated rings. The van der Waals surface area contributed by atoms with E-state index >= 15 is 0 Å². The van der Waals surface area contributed by atoms with Crippen LogP contribution in [0.2, 0.25) is 0 Å². The molecule has 1 aliphatic rings. The molecule has 1 aromatic carbocycles. The van der Waals surface area contributed by atoms with Crippen LogP contribution in [0.1, 0.15) is 6.92 Å². The Hall–Kier alpha value is -1.66. The molecule has 0 radical (unpaired) electrons. The first-order chi connectivity index (χ1) is 10.1. The van der Waals surface area contributed by atoms with Crippen LogP contribution in [-0.4, -0.2) is 49.6 Å². The smallest absolute Gasteiger partial charge is 0.213 e. The van der Waals surface area contributed by atoms with Crippen LogP contribution in [0.4, 0.5) is 5.82 Å². The van der Waals surface area contributed by atoms with Gasteiger partial charge in [0.25, 0.3) is 0 Å². The van der Waals surface area contributed by atoms with Crippen LogP contribution < -0.4 is 4.90 Å². The Morgan fingerprint density at radius 1 is 1.05 bits per heavy atom. The molecular weight excluding hydrogens is 286 g/mol. The van der Waals surface area contributed by atoms with Crippen molar-refractivity contribution in [3.05, 3.63) is 36.4 Å². The molecule has 6 heteroatoms. The molecule has 1 saturated heterocycles. The quantitative estimate of drug-likeness (QED) is 0.866. The molecule has 2 heterocycles. The summed E-state index contributed by atoms with van der Waals surface area (Å²) in [6.07, 6.45) is 0. The van der Waals surface area contributed by atoms with Gasteiger partial charge in [-0.1, -0.05) is 18.2 Å². The number of anilines is 1. The molecule has 5 nitrogen and oxygen atoms in total. The van der Waals surface area contributed by atoms with Gasteiger partial charge in [-0.3, -0.25) is 0 Å². The molecule has 0 atom stereocenters. The second-order valence-electron chi connectivity index (χ2n) is 5.15. The van der Waals surface area contributed by atoms with Gasteiger partial charge in [0.05, 0.1) is 11.3 Å². The number of rotatable bonds is 3. The second-order valence-corrected chi connectivity index (χ2v) is 7.41. The third-order valence-corrected chi connectivity index (χ3v) is 5.79. The van der Waals surface area contributed by atoms with Gasteiger partial charge in [-0.25, -0.2) is 13.4 Å². The van der Waals surface area contributed by atoms with Crippen molar-refractivity contribution >= 4 is 26.7 Å². The van der Waals surface area contributed by atoms with Crippen LogP contribution in [0, 0.1) is 0 Å². The predicted molar refractivity (Wildman–Crippen MR) is 85.0 cm³/mol. The monoisotopic (exact) mass is 305 g/mol. The molecule has 1 aliphatic heterocycles. The van der Waals surface area contributed by atoms with Crippen LogP contribution in [0.25, 0.3) is 10.9 Å². The van der Waals surface area contributed by atoms with E-state index in [1.165, 1.54) is 0 Å². The van der Waals surface area contributed by atoms with E-state index in [1.54, 1.807) is 11.2 Å². The Labute approximate surface area is 125 Å². The Kier molecular flexibility index (Phi) is 3.82. The Morgan fingerprint density at radius 3 is 2.48 bits per heavy atom. The molecular formula is C15H19N3O2S. The Bertz CT molecular complexity index is 737. The van der Waals surface area contributed by atoms with E-state index in [4.69, 9.17) is 0 Å². The maximum absolute atomic E-state index is 11.9. The van der Waals surface area contributed by atoms with Crippen LogP contribution in [0.15, 0.2) is 36.4 Å². The van der Waals surface area contributed by atoms with Gasteiger partial charge in [-0.2, -0.15) is 4.31 Å². The average molecular weight is 305 g/mol. The number of piperazine rings is 1. The molecule has 0 N–H and O–H groups in total. The number of hydrogen-bond donors (Lipinski definition) is 0. The SMILES string of the molecule is CCS(=O)(=O)N1CCN(c2ccc3ccccc3n2)CC1. The standard InChI is InChI=1S/C15H19N3O2S/c1-2-21(19,20)18-11-9-17(10-12-18)15-8-7-13-5-3-4-6-14(13)16-15/h3-8H,2,9-12H2,1H3. The molecule has 0 saturated carbocycles. The lowest BCUT2D eigenvalue weighted by atomic mass is 10.2. The van der Waals surface area contributed by atoms with Crippen LogP contribution in [0.5, 0.6) is 0 Å². The van der Waals surface area contributed by atoms with Crippen molar-refractivity contribution in [2.24, 2.45) is 0 Å². The third-order valence-electron chi connectivity index (χ3n) is 3.90. The lowest BCUT2D eigenvalue weighted by Gasteiger charge is -2.34. The number of hydrogen-bond acceptors (Lipinski definition) is 4. The topological polar surface area (TPSA) is 53.5 Å². The van der Waals surface area contributed by atoms with Gasteiger partial charge in [-0.15, -0.1) is 0 Å². The Balaban J connectivity index is 1.76. The number of pyridine rings is 1. The summed E-state index contributed by atoms with van der Waals surface area (Å²) in [6, 6.07) is 12.1. The summed E-state index contributed by atoms with van der Waals surface area (Å²) in [4.78, 5) is 6.81. The van der Waals surface area contributed by atoms with Crippen molar-refractivity contribution in [3.63, 3.8) is 0 Å². The summed E-state index contributed by atoms with van der Waals surface area (Å²) in [5.74, 6) is 1.09. The molecule has 0 aliphatic carbocycles. The first kappa shape index (κ1) is 14.3. The largest absolute Gasteiger partial charge is 0.354 e. The van der Waals surface area contributed by atoms with E-state index in [0.29, 0.717) is 26.2 Å². The zero-order chi connectivity index (χ0) is 14.9. The lowest BCUT2D eigenvalue weighted by Crippen LogP contribution is -2.49. The highest BCUT2D eigenvalue weighted by Gasteiger charge is 2.25. The minimum Gasteiger partial charge on any atom is -0.354 e. The van der Waals surface area contributed by atoms with Gasteiger partial charge < -0.3 is 4.90 Å². The predicted octanol–water partition coefficient (Wildman–Crippen LogP) is 1.71. The first-order valence-electron chi connectivity index (χ1n) is 7.19. The molecule has 112 valence electrons. The van der Waals surface area contributed by atoms with Crippen molar-refractivity contribution < 1.29 is 8.42 Å². The van der Waals surface area contributed by atoms with Gasteiger partial charge in [0.1, 0.15) is 5.82 Å². The molecule has 2 aromatic rings. The maximum Gasteiger partial charge on any atom is 0.213 e. The van der Waals surface area contributed by atoms with Gasteiger partial charge in [0.15, 0.2) is 0 Å². The van der Waals surface area contributed by atoms with Gasteiger partial charge in [-0.05, 0) is 25.1 Å².